The molecule has 3 nitrogen and oxygen atoms in total. The van der Waals surface area contributed by atoms with Gasteiger partial charge in [-0.05, 0) is 0 Å². The van der Waals surface area contributed by atoms with Gasteiger partial charge in [0.2, 0.25) is 0 Å². The van der Waals surface area contributed by atoms with E-state index in [9.17, 15) is 22.0 Å². The van der Waals surface area contributed by atoms with Crippen LogP contribution in [0.2, 0.25) is 0 Å². The molecule has 0 saturated carbocycles. The fourth-order valence-electron chi connectivity index (χ4n) is 0.495. The first-order chi connectivity index (χ1) is 6.77. The third-order valence-electron chi connectivity index (χ3n) is 0.990. The molecule has 0 aliphatic rings. The molecular formula is C6H3AgBF5O3. The third kappa shape index (κ3) is 5.59. The van der Waals surface area contributed by atoms with Crippen LogP contribution in [-0.4, -0.2) is 22.4 Å². The molecule has 0 saturated heterocycles. The van der Waals surface area contributed by atoms with Gasteiger partial charge in [-0.25, -0.2) is 13.2 Å². The van der Waals surface area contributed by atoms with E-state index in [0.29, 0.717) is 0 Å². The van der Waals surface area contributed by atoms with Crippen molar-refractivity contribution in [2.24, 2.45) is 0 Å². The Morgan fingerprint density at radius 1 is 0.750 bits per heavy atom. The fourth-order valence-corrected chi connectivity index (χ4v) is 0.495. The Balaban J connectivity index is 0. The Labute approximate surface area is 102 Å². The summed E-state index contributed by atoms with van der Waals surface area (Å²) in [6, 6.07) is 1.02. The molecule has 3 N–H and O–H groups in total. The normalized spacial score (nSPS) is 8.75. The van der Waals surface area contributed by atoms with Gasteiger partial charge in [0.1, 0.15) is 0 Å². The molecule has 0 fully saturated rings. The van der Waals surface area contributed by atoms with Crippen LogP contribution >= 0.6 is 0 Å². The monoisotopic (exact) mass is 336 g/mol. The van der Waals surface area contributed by atoms with Gasteiger partial charge in [0.25, 0.3) is 0 Å². The van der Waals surface area contributed by atoms with Gasteiger partial charge in [0.15, 0.2) is 0 Å². The molecule has 1 rings (SSSR count). The molecule has 10 heteroatoms. The zero-order valence-corrected chi connectivity index (χ0v) is 8.59. The molecule has 0 radical (unpaired) electrons. The minimum atomic E-state index is -2.17. The van der Waals surface area contributed by atoms with E-state index in [0.717, 1.165) is 6.07 Å². The SMILES string of the molecule is Fc1[c-]c(F)c(F)c(F)c1F.OB(O)O.[Ag+]. The summed E-state index contributed by atoms with van der Waals surface area (Å²) in [7, 11) is -2.17. The molecule has 0 amide bonds. The van der Waals surface area contributed by atoms with Gasteiger partial charge in [0, 0.05) is 0 Å². The van der Waals surface area contributed by atoms with Gasteiger partial charge in [-0.3, -0.25) is 8.78 Å². The smallest absolute Gasteiger partial charge is 0.402 e. The molecule has 0 aliphatic carbocycles. The van der Waals surface area contributed by atoms with Crippen LogP contribution in [0.5, 0.6) is 0 Å². The molecule has 16 heavy (non-hydrogen) atoms. The Bertz CT molecular complexity index is 322. The predicted molar refractivity (Wildman–Crippen MR) is 37.5 cm³/mol. The fraction of sp³-hybridized carbons (Fsp3) is 0. The summed E-state index contributed by atoms with van der Waals surface area (Å²) in [4.78, 5) is 0. The van der Waals surface area contributed by atoms with Crippen LogP contribution in [0.4, 0.5) is 22.0 Å². The molecule has 0 bridgehead atoms. The molecule has 0 aromatic heterocycles. The van der Waals surface area contributed by atoms with Crippen LogP contribution < -0.4 is 0 Å². The molecule has 0 heterocycles. The van der Waals surface area contributed by atoms with E-state index in [4.69, 9.17) is 15.1 Å². The van der Waals surface area contributed by atoms with Crippen molar-refractivity contribution in [3.8, 4) is 0 Å². The molecule has 0 atom stereocenters. The van der Waals surface area contributed by atoms with Crippen LogP contribution in [0, 0.1) is 35.2 Å². The first kappa shape index (κ1) is 17.9. The van der Waals surface area contributed by atoms with Gasteiger partial charge < -0.3 is 15.1 Å². The van der Waals surface area contributed by atoms with Crippen LogP contribution in [0.15, 0.2) is 0 Å². The third-order valence-corrected chi connectivity index (χ3v) is 0.990. The minimum absolute atomic E-state index is 0. The summed E-state index contributed by atoms with van der Waals surface area (Å²) in [6.45, 7) is 0. The molecule has 0 unspecified atom stereocenters. The van der Waals surface area contributed by atoms with Gasteiger partial charge in [-0.15, -0.1) is 6.07 Å². The Hall–Kier alpha value is -0.445. The zero-order chi connectivity index (χ0) is 12.2. The Kier molecular flexibility index (Phi) is 8.71. The largest absolute Gasteiger partial charge is 1.00 e. The van der Waals surface area contributed by atoms with E-state index >= 15 is 0 Å². The van der Waals surface area contributed by atoms with Crippen molar-refractivity contribution in [2.45, 2.75) is 0 Å². The number of hydrogen-bond donors (Lipinski definition) is 3. The van der Waals surface area contributed by atoms with E-state index in [2.05, 4.69) is 0 Å². The van der Waals surface area contributed by atoms with Crippen molar-refractivity contribution in [3.05, 3.63) is 35.2 Å². The summed E-state index contributed by atoms with van der Waals surface area (Å²) < 4.78 is 59.9. The van der Waals surface area contributed by atoms with Crippen LogP contribution in [0.25, 0.3) is 0 Å². The molecular weight excluding hydrogens is 334 g/mol. The average molecular weight is 337 g/mol. The van der Waals surface area contributed by atoms with Crippen LogP contribution in [-0.2, 0) is 22.4 Å². The Morgan fingerprint density at radius 2 is 1.00 bits per heavy atom. The summed E-state index contributed by atoms with van der Waals surface area (Å²) >= 11 is 0. The van der Waals surface area contributed by atoms with E-state index < -0.39 is 36.4 Å². The van der Waals surface area contributed by atoms with Crippen molar-refractivity contribution in [1.29, 1.82) is 0 Å². The summed E-state index contributed by atoms with van der Waals surface area (Å²) in [5.41, 5.74) is 0. The van der Waals surface area contributed by atoms with E-state index in [1.807, 2.05) is 0 Å². The van der Waals surface area contributed by atoms with Crippen molar-refractivity contribution < 1.29 is 59.4 Å². The van der Waals surface area contributed by atoms with Gasteiger partial charge >= 0.3 is 29.7 Å². The Morgan fingerprint density at radius 3 is 1.25 bits per heavy atom. The van der Waals surface area contributed by atoms with E-state index in [1.165, 1.54) is 0 Å². The second-order valence-electron chi connectivity index (χ2n) is 2.04. The molecule has 1 aromatic carbocycles. The standard InChI is InChI=1S/C6F5.Ag.BH3O3/c7-2-1-3(8)5(10)6(11)4(2)9;;2-1(3)4/h;;2-4H/q-1;+1;. The summed E-state index contributed by atoms with van der Waals surface area (Å²) in [5.74, 6) is -10.0. The maximum atomic E-state index is 12.0. The van der Waals surface area contributed by atoms with Gasteiger partial charge in [-0.1, -0.05) is 0 Å². The summed E-state index contributed by atoms with van der Waals surface area (Å²) in [5, 5.41) is 21.5. The molecule has 1 aromatic rings. The predicted octanol–water partition coefficient (Wildman–Crippen LogP) is 0.128. The van der Waals surface area contributed by atoms with Crippen LogP contribution in [0.3, 0.4) is 0 Å². The molecule has 0 aliphatic heterocycles. The van der Waals surface area contributed by atoms with Gasteiger partial charge in [-0.2, -0.15) is 0 Å². The van der Waals surface area contributed by atoms with E-state index in [1.54, 1.807) is 0 Å². The van der Waals surface area contributed by atoms with Crippen LogP contribution in [0.1, 0.15) is 0 Å². The molecule has 94 valence electrons. The zero-order valence-electron chi connectivity index (χ0n) is 7.11. The number of rotatable bonds is 0. The number of halogens is 5. The van der Waals surface area contributed by atoms with Crippen molar-refractivity contribution >= 4 is 7.32 Å². The number of hydrogen-bond acceptors (Lipinski definition) is 3. The van der Waals surface area contributed by atoms with Crippen molar-refractivity contribution in [2.75, 3.05) is 0 Å². The quantitative estimate of drug-likeness (QED) is 0.207. The number of benzene rings is 1. The van der Waals surface area contributed by atoms with E-state index in [-0.39, 0.29) is 22.4 Å². The average Bonchev–Trinajstić information content (AvgIpc) is 2.11. The maximum absolute atomic E-state index is 12.0. The first-order valence-corrected chi connectivity index (χ1v) is 3.22. The van der Waals surface area contributed by atoms with Crippen molar-refractivity contribution in [1.82, 2.24) is 0 Å². The first-order valence-electron chi connectivity index (χ1n) is 3.22. The van der Waals surface area contributed by atoms with Crippen molar-refractivity contribution in [3.63, 3.8) is 0 Å². The minimum Gasteiger partial charge on any atom is -0.402 e. The molecule has 0 spiro atoms. The second kappa shape index (κ2) is 7.77. The maximum Gasteiger partial charge on any atom is 1.00 e. The van der Waals surface area contributed by atoms with Gasteiger partial charge in [0.05, 0.1) is 29.1 Å². The topological polar surface area (TPSA) is 60.7 Å². The summed E-state index contributed by atoms with van der Waals surface area (Å²) in [6.07, 6.45) is 0. The second-order valence-corrected chi connectivity index (χ2v) is 2.04.